The average molecular weight is 235 g/mol. The van der Waals surface area contributed by atoms with Crippen molar-refractivity contribution in [1.82, 2.24) is 15.3 Å². The normalized spacial score (nSPS) is 12.6. The lowest BCUT2D eigenvalue weighted by atomic mass is 10.1. The molecule has 1 unspecified atom stereocenters. The molecule has 0 amide bonds. The van der Waals surface area contributed by atoms with Gasteiger partial charge in [-0.15, -0.1) is 0 Å². The highest BCUT2D eigenvalue weighted by molar-refractivity contribution is 4.67. The summed E-state index contributed by atoms with van der Waals surface area (Å²) < 4.78 is 12.3. The third-order valence-corrected chi connectivity index (χ3v) is 2.73. The fourth-order valence-electron chi connectivity index (χ4n) is 1.37. The zero-order chi connectivity index (χ0) is 13.0. The van der Waals surface area contributed by atoms with E-state index < -0.39 is 0 Å². The molecule has 0 radical (unpaired) electrons. The summed E-state index contributed by atoms with van der Waals surface area (Å²) in [5.74, 6) is 0. The molecule has 0 aromatic heterocycles. The number of nitrogens with one attached hydrogen (secondary N) is 1. The Hall–Kier alpha value is -0.190. The summed E-state index contributed by atoms with van der Waals surface area (Å²) in [5.41, 5.74) is 3.04. The largest absolute Gasteiger partial charge is 0.307 e. The van der Waals surface area contributed by atoms with E-state index in [0.717, 1.165) is 19.5 Å². The van der Waals surface area contributed by atoms with E-state index in [0.29, 0.717) is 12.5 Å². The predicted molar refractivity (Wildman–Crippen MR) is 70.3 cm³/mol. The van der Waals surface area contributed by atoms with E-state index in [1.54, 1.807) is 0 Å². The van der Waals surface area contributed by atoms with Crippen LogP contribution in [0.4, 0.5) is 4.39 Å². The second kappa shape index (κ2) is 12.9. The summed E-state index contributed by atoms with van der Waals surface area (Å²) in [7, 11) is 5.92. The third kappa shape index (κ3) is 9.07. The molecule has 0 fully saturated rings. The first kappa shape index (κ1) is 18.2. The van der Waals surface area contributed by atoms with Gasteiger partial charge in [-0.25, -0.2) is 5.01 Å². The molecule has 0 aliphatic rings. The van der Waals surface area contributed by atoms with Gasteiger partial charge in [-0.05, 0) is 40.0 Å². The van der Waals surface area contributed by atoms with Crippen LogP contribution in [0.15, 0.2) is 0 Å². The summed E-state index contributed by atoms with van der Waals surface area (Å²) in [6, 6.07) is 0.291. The molecule has 1 N–H and O–H groups in total. The standard InChI is InChI=1S/C10H24FN3.C2H6/c1-5-13(3)9-7-10(6-8-11)14(4)12-2;1-2/h10,12H,5-9H2,1-4H3;1-2H3. The van der Waals surface area contributed by atoms with Gasteiger partial charge >= 0.3 is 0 Å². The zero-order valence-corrected chi connectivity index (χ0v) is 11.9. The van der Waals surface area contributed by atoms with Crippen molar-refractivity contribution in [2.24, 2.45) is 0 Å². The number of hydrogen-bond donors (Lipinski definition) is 1. The van der Waals surface area contributed by atoms with Crippen molar-refractivity contribution in [2.75, 3.05) is 40.9 Å². The molecular formula is C12H30FN3. The maximum atomic E-state index is 12.3. The topological polar surface area (TPSA) is 18.5 Å². The van der Waals surface area contributed by atoms with Gasteiger partial charge in [0.15, 0.2) is 0 Å². The highest BCUT2D eigenvalue weighted by Gasteiger charge is 2.13. The Kier molecular flexibility index (Phi) is 14.6. The van der Waals surface area contributed by atoms with Gasteiger partial charge in [-0.1, -0.05) is 20.8 Å². The minimum Gasteiger partial charge on any atom is -0.307 e. The molecule has 0 rings (SSSR count). The molecule has 1 atom stereocenters. The molecule has 16 heavy (non-hydrogen) atoms. The third-order valence-electron chi connectivity index (χ3n) is 2.73. The molecule has 0 saturated heterocycles. The first-order valence-electron chi connectivity index (χ1n) is 6.30. The van der Waals surface area contributed by atoms with E-state index in [4.69, 9.17) is 0 Å². The zero-order valence-electron chi connectivity index (χ0n) is 11.9. The molecule has 0 aliphatic heterocycles. The molecule has 0 heterocycles. The van der Waals surface area contributed by atoms with Crippen molar-refractivity contribution in [3.05, 3.63) is 0 Å². The van der Waals surface area contributed by atoms with E-state index in [2.05, 4.69) is 24.3 Å². The minimum absolute atomic E-state index is 0.244. The minimum atomic E-state index is -0.244. The van der Waals surface area contributed by atoms with Crippen LogP contribution in [0.3, 0.4) is 0 Å². The summed E-state index contributed by atoms with van der Waals surface area (Å²) in [5, 5.41) is 1.99. The maximum absolute atomic E-state index is 12.3. The second-order valence-corrected chi connectivity index (χ2v) is 3.65. The molecule has 0 aromatic carbocycles. The van der Waals surface area contributed by atoms with Crippen LogP contribution in [0.25, 0.3) is 0 Å². The molecule has 0 aromatic rings. The number of hydrazine groups is 1. The number of alkyl halides is 1. The number of hydrogen-bond acceptors (Lipinski definition) is 3. The lowest BCUT2D eigenvalue weighted by Crippen LogP contribution is -2.42. The monoisotopic (exact) mass is 235 g/mol. The molecule has 0 saturated carbocycles. The van der Waals surface area contributed by atoms with Gasteiger partial charge in [-0.3, -0.25) is 9.82 Å². The molecule has 100 valence electrons. The van der Waals surface area contributed by atoms with Crippen molar-refractivity contribution < 1.29 is 4.39 Å². The van der Waals surface area contributed by atoms with Crippen LogP contribution in [0.1, 0.15) is 33.6 Å². The lowest BCUT2D eigenvalue weighted by molar-refractivity contribution is 0.142. The van der Waals surface area contributed by atoms with Crippen molar-refractivity contribution in [3.63, 3.8) is 0 Å². The molecular weight excluding hydrogens is 205 g/mol. The highest BCUT2D eigenvalue weighted by atomic mass is 19.1. The Morgan fingerprint density at radius 1 is 1.19 bits per heavy atom. The van der Waals surface area contributed by atoms with E-state index >= 15 is 0 Å². The van der Waals surface area contributed by atoms with Gasteiger partial charge in [0, 0.05) is 13.1 Å². The van der Waals surface area contributed by atoms with Crippen molar-refractivity contribution in [3.8, 4) is 0 Å². The number of halogens is 1. The Balaban J connectivity index is 0. The smallest absolute Gasteiger partial charge is 0.0909 e. The predicted octanol–water partition coefficient (Wildman–Crippen LogP) is 2.15. The Bertz CT molecular complexity index is 133. The van der Waals surface area contributed by atoms with E-state index in [1.807, 2.05) is 33.0 Å². The first-order valence-corrected chi connectivity index (χ1v) is 6.30. The van der Waals surface area contributed by atoms with Crippen LogP contribution in [-0.2, 0) is 0 Å². The Morgan fingerprint density at radius 3 is 2.12 bits per heavy atom. The molecule has 3 nitrogen and oxygen atoms in total. The van der Waals surface area contributed by atoms with Gasteiger partial charge in [0.2, 0.25) is 0 Å². The van der Waals surface area contributed by atoms with E-state index in [9.17, 15) is 4.39 Å². The molecule has 0 bridgehead atoms. The van der Waals surface area contributed by atoms with Crippen LogP contribution in [0.2, 0.25) is 0 Å². The molecule has 4 heteroatoms. The summed E-state index contributed by atoms with van der Waals surface area (Å²) in [6.45, 7) is 7.96. The first-order chi connectivity index (χ1) is 7.65. The number of nitrogens with zero attached hydrogens (tertiary/aromatic N) is 2. The van der Waals surface area contributed by atoms with Crippen LogP contribution in [0, 0.1) is 0 Å². The molecule has 0 spiro atoms. The average Bonchev–Trinajstić information content (AvgIpc) is 2.35. The van der Waals surface area contributed by atoms with E-state index in [1.165, 1.54) is 0 Å². The second-order valence-electron chi connectivity index (χ2n) is 3.65. The summed E-state index contributed by atoms with van der Waals surface area (Å²) in [6.07, 6.45) is 1.61. The van der Waals surface area contributed by atoms with E-state index in [-0.39, 0.29) is 6.67 Å². The van der Waals surface area contributed by atoms with Crippen LogP contribution in [-0.4, -0.2) is 56.9 Å². The lowest BCUT2D eigenvalue weighted by Gasteiger charge is -2.28. The SMILES string of the molecule is CC.CCN(C)CCC(CCF)N(C)NC. The van der Waals surface area contributed by atoms with Gasteiger partial charge < -0.3 is 4.90 Å². The van der Waals surface area contributed by atoms with Crippen LogP contribution < -0.4 is 5.43 Å². The van der Waals surface area contributed by atoms with Crippen LogP contribution in [0.5, 0.6) is 0 Å². The van der Waals surface area contributed by atoms with Crippen molar-refractivity contribution in [1.29, 1.82) is 0 Å². The number of rotatable bonds is 8. The van der Waals surface area contributed by atoms with Gasteiger partial charge in [-0.2, -0.15) is 0 Å². The fraction of sp³-hybridized carbons (Fsp3) is 1.00. The highest BCUT2D eigenvalue weighted by Crippen LogP contribution is 2.05. The summed E-state index contributed by atoms with van der Waals surface area (Å²) >= 11 is 0. The fourth-order valence-corrected chi connectivity index (χ4v) is 1.37. The van der Waals surface area contributed by atoms with Crippen LogP contribution >= 0.6 is 0 Å². The maximum Gasteiger partial charge on any atom is 0.0909 e. The Morgan fingerprint density at radius 2 is 1.75 bits per heavy atom. The summed E-state index contributed by atoms with van der Waals surface area (Å²) in [4.78, 5) is 2.24. The van der Waals surface area contributed by atoms with Gasteiger partial charge in [0.25, 0.3) is 0 Å². The quantitative estimate of drug-likeness (QED) is 0.650. The van der Waals surface area contributed by atoms with Gasteiger partial charge in [0.1, 0.15) is 0 Å². The Labute approximate surface area is 101 Å². The van der Waals surface area contributed by atoms with Crippen molar-refractivity contribution >= 4 is 0 Å². The van der Waals surface area contributed by atoms with Gasteiger partial charge in [0.05, 0.1) is 6.67 Å². The van der Waals surface area contributed by atoms with Crippen molar-refractivity contribution in [2.45, 2.75) is 39.7 Å². The molecule has 0 aliphatic carbocycles.